The molecule has 0 saturated heterocycles. The predicted octanol–water partition coefficient (Wildman–Crippen LogP) is 3.32. The first kappa shape index (κ1) is 15.1. The van der Waals surface area contributed by atoms with Crippen LogP contribution in [-0.2, 0) is 6.42 Å². The van der Waals surface area contributed by atoms with E-state index in [1.54, 1.807) is 0 Å². The van der Waals surface area contributed by atoms with Gasteiger partial charge in [-0.25, -0.2) is 8.78 Å². The second-order valence-corrected chi connectivity index (χ2v) is 5.13. The molecule has 0 spiro atoms. The van der Waals surface area contributed by atoms with Crippen molar-refractivity contribution in [2.24, 2.45) is 0 Å². The molecule has 0 aliphatic carbocycles. The number of hydrogen-bond donors (Lipinski definition) is 1. The molecular weight excluding hydrogens is 332 g/mol. The van der Waals surface area contributed by atoms with Gasteiger partial charge in [0.1, 0.15) is 0 Å². The smallest absolute Gasteiger partial charge is 0.228 e. The van der Waals surface area contributed by atoms with Crippen LogP contribution in [-0.4, -0.2) is 23.2 Å². The highest BCUT2D eigenvalue weighted by atomic mass is 79.9. The molecule has 0 saturated carbocycles. The number of likely N-dealkylation sites (N-methyl/N-ethyl adjacent to an activating group) is 1. The zero-order chi connectivity index (χ0) is 14.7. The van der Waals surface area contributed by atoms with Crippen molar-refractivity contribution in [2.75, 3.05) is 7.05 Å². The molecule has 1 aromatic carbocycles. The Morgan fingerprint density at radius 2 is 2.15 bits per heavy atom. The van der Waals surface area contributed by atoms with Crippen LogP contribution in [0.1, 0.15) is 19.2 Å². The van der Waals surface area contributed by atoms with Crippen molar-refractivity contribution in [3.63, 3.8) is 0 Å². The van der Waals surface area contributed by atoms with Gasteiger partial charge in [0, 0.05) is 18.0 Å². The van der Waals surface area contributed by atoms with Crippen molar-refractivity contribution in [3.05, 3.63) is 34.1 Å². The first-order valence-electron chi connectivity index (χ1n) is 6.20. The second kappa shape index (κ2) is 6.41. The van der Waals surface area contributed by atoms with Gasteiger partial charge in [-0.1, -0.05) is 12.1 Å². The zero-order valence-electron chi connectivity index (χ0n) is 11.1. The predicted molar refractivity (Wildman–Crippen MR) is 74.2 cm³/mol. The van der Waals surface area contributed by atoms with Crippen molar-refractivity contribution in [1.29, 1.82) is 0 Å². The summed E-state index contributed by atoms with van der Waals surface area (Å²) in [5.41, 5.74) is 0.358. The van der Waals surface area contributed by atoms with E-state index in [1.165, 1.54) is 6.07 Å². The molecule has 0 aliphatic heterocycles. The van der Waals surface area contributed by atoms with Gasteiger partial charge in [-0.3, -0.25) is 0 Å². The lowest BCUT2D eigenvalue weighted by Crippen LogP contribution is -2.26. The standard InChI is InChI=1S/C13H14BrF2N3O/c1-3-7(17-2)6-10-18-13(19-20-10)8-4-5-9(15)12(16)11(8)14/h4-5,7,17H,3,6H2,1-2H3. The van der Waals surface area contributed by atoms with Gasteiger partial charge in [0.2, 0.25) is 11.7 Å². The van der Waals surface area contributed by atoms with E-state index in [0.717, 1.165) is 12.5 Å². The minimum absolute atomic E-state index is 0.00879. The van der Waals surface area contributed by atoms with Gasteiger partial charge in [0.25, 0.3) is 0 Å². The third-order valence-corrected chi connectivity index (χ3v) is 3.84. The van der Waals surface area contributed by atoms with Crippen molar-refractivity contribution >= 4 is 15.9 Å². The molecule has 0 amide bonds. The molecule has 20 heavy (non-hydrogen) atoms. The first-order chi connectivity index (χ1) is 9.56. The molecule has 2 aromatic rings. The number of aromatic nitrogens is 2. The van der Waals surface area contributed by atoms with Crippen LogP contribution in [0.4, 0.5) is 8.78 Å². The summed E-state index contributed by atoms with van der Waals surface area (Å²) in [7, 11) is 1.86. The van der Waals surface area contributed by atoms with E-state index in [2.05, 4.69) is 31.4 Å². The van der Waals surface area contributed by atoms with Crippen LogP contribution in [0.2, 0.25) is 0 Å². The SMILES string of the molecule is CCC(Cc1nc(-c2ccc(F)c(F)c2Br)no1)NC. The second-order valence-electron chi connectivity index (χ2n) is 4.33. The Bertz CT molecular complexity index is 599. The summed E-state index contributed by atoms with van der Waals surface area (Å²) in [5, 5.41) is 6.94. The summed E-state index contributed by atoms with van der Waals surface area (Å²) in [5.74, 6) is -1.20. The fourth-order valence-corrected chi connectivity index (χ4v) is 2.31. The van der Waals surface area contributed by atoms with Crippen LogP contribution >= 0.6 is 15.9 Å². The molecule has 1 heterocycles. The Morgan fingerprint density at radius 1 is 1.40 bits per heavy atom. The van der Waals surface area contributed by atoms with Crippen LogP contribution in [0.25, 0.3) is 11.4 Å². The van der Waals surface area contributed by atoms with Crippen LogP contribution in [0.5, 0.6) is 0 Å². The van der Waals surface area contributed by atoms with E-state index in [-0.39, 0.29) is 16.3 Å². The van der Waals surface area contributed by atoms with Gasteiger partial charge in [0.15, 0.2) is 11.6 Å². The van der Waals surface area contributed by atoms with Gasteiger partial charge in [0.05, 0.1) is 4.47 Å². The molecule has 1 unspecified atom stereocenters. The highest BCUT2D eigenvalue weighted by molar-refractivity contribution is 9.10. The molecule has 0 aliphatic rings. The molecule has 0 radical (unpaired) electrons. The lowest BCUT2D eigenvalue weighted by atomic mass is 10.1. The largest absolute Gasteiger partial charge is 0.339 e. The summed E-state index contributed by atoms with van der Waals surface area (Å²) in [6.07, 6.45) is 1.50. The monoisotopic (exact) mass is 345 g/mol. The highest BCUT2D eigenvalue weighted by Gasteiger charge is 2.18. The fourth-order valence-electron chi connectivity index (χ4n) is 1.81. The van der Waals surface area contributed by atoms with Gasteiger partial charge in [-0.15, -0.1) is 0 Å². The maximum Gasteiger partial charge on any atom is 0.228 e. The molecule has 4 nitrogen and oxygen atoms in total. The third kappa shape index (κ3) is 3.04. The molecule has 2 rings (SSSR count). The van der Waals surface area contributed by atoms with Crippen LogP contribution in [0, 0.1) is 11.6 Å². The summed E-state index contributed by atoms with van der Waals surface area (Å²) in [6, 6.07) is 2.68. The molecule has 7 heteroatoms. The van der Waals surface area contributed by atoms with E-state index in [1.807, 2.05) is 14.0 Å². The van der Waals surface area contributed by atoms with E-state index in [9.17, 15) is 8.78 Å². The first-order valence-corrected chi connectivity index (χ1v) is 6.99. The molecule has 1 atom stereocenters. The van der Waals surface area contributed by atoms with E-state index in [4.69, 9.17) is 4.52 Å². The average Bonchev–Trinajstić information content (AvgIpc) is 2.90. The summed E-state index contributed by atoms with van der Waals surface area (Å²) >= 11 is 3.01. The molecule has 0 bridgehead atoms. The maximum absolute atomic E-state index is 13.5. The maximum atomic E-state index is 13.5. The number of nitrogens with zero attached hydrogens (tertiary/aromatic N) is 2. The Balaban J connectivity index is 2.27. The van der Waals surface area contributed by atoms with Gasteiger partial charge in [-0.05, 0) is 41.5 Å². The van der Waals surface area contributed by atoms with Gasteiger partial charge < -0.3 is 9.84 Å². The van der Waals surface area contributed by atoms with Crippen LogP contribution in [0.3, 0.4) is 0 Å². The van der Waals surface area contributed by atoms with Crippen LogP contribution < -0.4 is 5.32 Å². The Morgan fingerprint density at radius 3 is 2.80 bits per heavy atom. The van der Waals surface area contributed by atoms with Gasteiger partial charge in [-0.2, -0.15) is 4.98 Å². The Labute approximate surface area is 123 Å². The third-order valence-electron chi connectivity index (χ3n) is 3.07. The van der Waals surface area contributed by atoms with Gasteiger partial charge >= 0.3 is 0 Å². The lowest BCUT2D eigenvalue weighted by molar-refractivity contribution is 0.359. The minimum Gasteiger partial charge on any atom is -0.339 e. The number of hydrogen-bond acceptors (Lipinski definition) is 4. The van der Waals surface area contributed by atoms with Crippen molar-refractivity contribution in [2.45, 2.75) is 25.8 Å². The van der Waals surface area contributed by atoms with Crippen molar-refractivity contribution < 1.29 is 13.3 Å². The molecular formula is C13H14BrF2N3O. The fraction of sp³-hybridized carbons (Fsp3) is 0.385. The molecule has 0 fully saturated rings. The summed E-state index contributed by atoms with van der Waals surface area (Å²) in [6.45, 7) is 2.05. The number of nitrogens with one attached hydrogen (secondary N) is 1. The molecule has 108 valence electrons. The zero-order valence-corrected chi connectivity index (χ0v) is 12.7. The Hall–Kier alpha value is -1.34. The number of rotatable bonds is 5. The van der Waals surface area contributed by atoms with Crippen LogP contribution in [0.15, 0.2) is 21.1 Å². The molecule has 1 N–H and O–H groups in total. The van der Waals surface area contributed by atoms with E-state index >= 15 is 0 Å². The van der Waals surface area contributed by atoms with Crippen molar-refractivity contribution in [3.8, 4) is 11.4 Å². The van der Waals surface area contributed by atoms with Crippen molar-refractivity contribution in [1.82, 2.24) is 15.5 Å². The molecule has 1 aromatic heterocycles. The number of halogens is 3. The number of benzene rings is 1. The Kier molecular flexibility index (Phi) is 4.82. The van der Waals surface area contributed by atoms with E-state index < -0.39 is 11.6 Å². The summed E-state index contributed by atoms with van der Waals surface area (Å²) in [4.78, 5) is 4.21. The lowest BCUT2D eigenvalue weighted by Gasteiger charge is -2.09. The topological polar surface area (TPSA) is 51.0 Å². The highest BCUT2D eigenvalue weighted by Crippen LogP contribution is 2.30. The van der Waals surface area contributed by atoms with E-state index in [0.29, 0.717) is 17.9 Å². The average molecular weight is 346 g/mol. The normalized spacial score (nSPS) is 12.7. The minimum atomic E-state index is -0.962. The summed E-state index contributed by atoms with van der Waals surface area (Å²) < 4.78 is 31.7. The quantitative estimate of drug-likeness (QED) is 0.844.